The van der Waals surface area contributed by atoms with Gasteiger partial charge in [-0.2, -0.15) is 0 Å². The zero-order valence-electron chi connectivity index (χ0n) is 10.1. The van der Waals surface area contributed by atoms with Crippen LogP contribution in [0.4, 0.5) is 11.4 Å². The molecule has 0 fully saturated rings. The number of hydrogen-bond acceptors (Lipinski definition) is 3. The normalized spacial score (nSPS) is 9.88. The van der Waals surface area contributed by atoms with Gasteiger partial charge in [-0.15, -0.1) is 0 Å². The first kappa shape index (κ1) is 13.0. The van der Waals surface area contributed by atoms with Crippen LogP contribution in [0.5, 0.6) is 5.75 Å². The molecular formula is C12H16N2O3. The first-order valence-electron chi connectivity index (χ1n) is 5.27. The van der Waals surface area contributed by atoms with E-state index in [9.17, 15) is 9.59 Å². The maximum absolute atomic E-state index is 11.6. The van der Waals surface area contributed by atoms with Gasteiger partial charge in [0.15, 0.2) is 0 Å². The van der Waals surface area contributed by atoms with Crippen molar-refractivity contribution in [2.75, 3.05) is 17.7 Å². The summed E-state index contributed by atoms with van der Waals surface area (Å²) in [6, 6.07) is 5.04. The predicted molar refractivity (Wildman–Crippen MR) is 66.1 cm³/mol. The van der Waals surface area contributed by atoms with Gasteiger partial charge in [-0.1, -0.05) is 13.8 Å². The van der Waals surface area contributed by atoms with Crippen molar-refractivity contribution in [1.82, 2.24) is 0 Å². The highest BCUT2D eigenvalue weighted by molar-refractivity contribution is 5.97. The van der Waals surface area contributed by atoms with Crippen LogP contribution in [0, 0.1) is 5.92 Å². The monoisotopic (exact) mass is 236 g/mol. The number of carbonyl (C=O) groups is 2. The van der Waals surface area contributed by atoms with Crippen LogP contribution in [0.15, 0.2) is 18.2 Å². The Labute approximate surface area is 100 Å². The van der Waals surface area contributed by atoms with E-state index in [1.807, 2.05) is 0 Å². The minimum atomic E-state index is -0.124. The molecule has 0 aliphatic rings. The number of anilines is 2. The largest absolute Gasteiger partial charge is 0.497 e. The number of amides is 2. The van der Waals surface area contributed by atoms with Crippen molar-refractivity contribution in [1.29, 1.82) is 0 Å². The van der Waals surface area contributed by atoms with Crippen molar-refractivity contribution in [3.63, 3.8) is 0 Å². The van der Waals surface area contributed by atoms with Gasteiger partial charge in [-0.25, -0.2) is 0 Å². The second-order valence-corrected chi connectivity index (χ2v) is 3.82. The van der Waals surface area contributed by atoms with E-state index in [0.29, 0.717) is 23.5 Å². The molecule has 2 N–H and O–H groups in total. The molecule has 0 heterocycles. The summed E-state index contributed by atoms with van der Waals surface area (Å²) in [7, 11) is 1.53. The summed E-state index contributed by atoms with van der Waals surface area (Å²) < 4.78 is 5.04. The summed E-state index contributed by atoms with van der Waals surface area (Å²) in [4.78, 5) is 22.0. The van der Waals surface area contributed by atoms with E-state index in [1.54, 1.807) is 32.0 Å². The molecule has 0 unspecified atom stereocenters. The molecule has 1 rings (SSSR count). The van der Waals surface area contributed by atoms with Gasteiger partial charge < -0.3 is 15.4 Å². The highest BCUT2D eigenvalue weighted by Gasteiger charge is 2.10. The second-order valence-electron chi connectivity index (χ2n) is 3.82. The smallest absolute Gasteiger partial charge is 0.226 e. The molecule has 0 saturated carbocycles. The van der Waals surface area contributed by atoms with Crippen LogP contribution < -0.4 is 15.4 Å². The zero-order valence-corrected chi connectivity index (χ0v) is 10.1. The third kappa shape index (κ3) is 3.48. The number of methoxy groups -OCH3 is 1. The van der Waals surface area contributed by atoms with Crippen molar-refractivity contribution in [3.05, 3.63) is 18.2 Å². The third-order valence-electron chi connectivity index (χ3n) is 2.22. The van der Waals surface area contributed by atoms with Gasteiger partial charge >= 0.3 is 0 Å². The molecule has 1 aromatic rings. The fraction of sp³-hybridized carbons (Fsp3) is 0.333. The average Bonchev–Trinajstić information content (AvgIpc) is 2.31. The Hall–Kier alpha value is -2.04. The first-order valence-corrected chi connectivity index (χ1v) is 5.27. The lowest BCUT2D eigenvalue weighted by Crippen LogP contribution is -2.18. The Morgan fingerprint density at radius 1 is 1.35 bits per heavy atom. The topological polar surface area (TPSA) is 67.4 Å². The van der Waals surface area contributed by atoms with E-state index in [2.05, 4.69) is 10.6 Å². The molecule has 0 aliphatic heterocycles. The Balaban J connectivity index is 2.97. The molecule has 0 aliphatic carbocycles. The third-order valence-corrected chi connectivity index (χ3v) is 2.22. The molecular weight excluding hydrogens is 220 g/mol. The number of rotatable bonds is 5. The van der Waals surface area contributed by atoms with E-state index in [0.717, 1.165) is 0 Å². The van der Waals surface area contributed by atoms with Crippen LogP contribution in [-0.2, 0) is 9.59 Å². The molecule has 0 radical (unpaired) electrons. The van der Waals surface area contributed by atoms with Gasteiger partial charge in [0.05, 0.1) is 18.5 Å². The van der Waals surface area contributed by atoms with Crippen LogP contribution in [0.1, 0.15) is 13.8 Å². The Bertz CT molecular complexity index is 416. The van der Waals surface area contributed by atoms with E-state index >= 15 is 0 Å². The quantitative estimate of drug-likeness (QED) is 0.767. The molecule has 0 bridgehead atoms. The van der Waals surface area contributed by atoms with Gasteiger partial charge in [-0.3, -0.25) is 9.59 Å². The average molecular weight is 236 g/mol. The standard InChI is InChI=1S/C12H16N2O3/c1-8(2)12(16)14-10-5-4-9(17-3)6-11(10)13-7-15/h4-8H,1-3H3,(H,13,15)(H,14,16). The summed E-state index contributed by atoms with van der Waals surface area (Å²) in [5.74, 6) is 0.377. The van der Waals surface area contributed by atoms with Crippen LogP contribution in [0.3, 0.4) is 0 Å². The first-order chi connectivity index (χ1) is 8.08. The number of hydrogen-bond donors (Lipinski definition) is 2. The molecule has 17 heavy (non-hydrogen) atoms. The molecule has 0 atom stereocenters. The Morgan fingerprint density at radius 3 is 2.59 bits per heavy atom. The summed E-state index contributed by atoms with van der Waals surface area (Å²) in [5.41, 5.74) is 1.06. The van der Waals surface area contributed by atoms with Gasteiger partial charge in [0.2, 0.25) is 12.3 Å². The van der Waals surface area contributed by atoms with E-state index in [-0.39, 0.29) is 11.8 Å². The summed E-state index contributed by atoms with van der Waals surface area (Å²) in [5, 5.41) is 5.25. The van der Waals surface area contributed by atoms with Crippen LogP contribution >= 0.6 is 0 Å². The number of ether oxygens (including phenoxy) is 1. The van der Waals surface area contributed by atoms with Crippen molar-refractivity contribution < 1.29 is 14.3 Å². The van der Waals surface area contributed by atoms with Crippen molar-refractivity contribution >= 4 is 23.7 Å². The van der Waals surface area contributed by atoms with Crippen LogP contribution in [-0.4, -0.2) is 19.4 Å². The maximum atomic E-state index is 11.6. The minimum Gasteiger partial charge on any atom is -0.497 e. The Morgan fingerprint density at radius 2 is 2.06 bits per heavy atom. The van der Waals surface area contributed by atoms with Crippen molar-refractivity contribution in [3.8, 4) is 5.75 Å². The second kappa shape index (κ2) is 5.89. The molecule has 2 amide bonds. The Kier molecular flexibility index (Phi) is 4.51. The lowest BCUT2D eigenvalue weighted by Gasteiger charge is -2.13. The molecule has 92 valence electrons. The van der Waals surface area contributed by atoms with E-state index in [4.69, 9.17) is 4.74 Å². The maximum Gasteiger partial charge on any atom is 0.226 e. The highest BCUT2D eigenvalue weighted by Crippen LogP contribution is 2.26. The highest BCUT2D eigenvalue weighted by atomic mass is 16.5. The lowest BCUT2D eigenvalue weighted by atomic mass is 10.2. The van der Waals surface area contributed by atoms with Gasteiger partial charge in [0, 0.05) is 12.0 Å². The molecule has 5 nitrogen and oxygen atoms in total. The molecule has 0 spiro atoms. The fourth-order valence-electron chi connectivity index (χ4n) is 1.22. The fourth-order valence-corrected chi connectivity index (χ4v) is 1.22. The minimum absolute atomic E-state index is 0.107. The van der Waals surface area contributed by atoms with Gasteiger partial charge in [0.1, 0.15) is 5.75 Å². The van der Waals surface area contributed by atoms with Crippen molar-refractivity contribution in [2.24, 2.45) is 5.92 Å². The van der Waals surface area contributed by atoms with Gasteiger partial charge in [-0.05, 0) is 12.1 Å². The SMILES string of the molecule is COc1ccc(NC(=O)C(C)C)c(NC=O)c1. The number of nitrogens with one attached hydrogen (secondary N) is 2. The van der Waals surface area contributed by atoms with Gasteiger partial charge in [0.25, 0.3) is 0 Å². The molecule has 5 heteroatoms. The zero-order chi connectivity index (χ0) is 12.8. The molecule has 0 saturated heterocycles. The summed E-state index contributed by atoms with van der Waals surface area (Å²) in [6.07, 6.45) is 0.555. The van der Waals surface area contributed by atoms with E-state index in [1.165, 1.54) is 7.11 Å². The van der Waals surface area contributed by atoms with Crippen molar-refractivity contribution in [2.45, 2.75) is 13.8 Å². The lowest BCUT2D eigenvalue weighted by molar-refractivity contribution is -0.118. The van der Waals surface area contributed by atoms with Crippen LogP contribution in [0.2, 0.25) is 0 Å². The predicted octanol–water partition coefficient (Wildman–Crippen LogP) is 1.86. The molecule has 1 aromatic carbocycles. The van der Waals surface area contributed by atoms with Crippen LogP contribution in [0.25, 0.3) is 0 Å². The number of carbonyl (C=O) groups excluding carboxylic acids is 2. The molecule has 0 aromatic heterocycles. The van der Waals surface area contributed by atoms with E-state index < -0.39 is 0 Å². The summed E-state index contributed by atoms with van der Waals surface area (Å²) in [6.45, 7) is 3.59. The number of benzene rings is 1. The summed E-state index contributed by atoms with van der Waals surface area (Å²) >= 11 is 0.